The van der Waals surface area contributed by atoms with Crippen LogP contribution in [0.25, 0.3) is 11.1 Å². The number of nitro benzene ring substituents is 3. The van der Waals surface area contributed by atoms with Crippen LogP contribution in [0, 0.1) is 30.3 Å². The molecule has 0 radical (unpaired) electrons. The minimum absolute atomic E-state index is 0.0954. The van der Waals surface area contributed by atoms with Crippen molar-refractivity contribution in [3.05, 3.63) is 132 Å². The molecule has 0 heterocycles. The zero-order valence-electron chi connectivity index (χ0n) is 18.3. The first-order chi connectivity index (χ1) is 17.4. The molecule has 5 rings (SSSR count). The van der Waals surface area contributed by atoms with E-state index in [1.54, 1.807) is 77.8 Å². The Hall–Kier alpha value is -5.45. The van der Waals surface area contributed by atoms with Crippen molar-refractivity contribution in [1.29, 1.82) is 0 Å². The van der Waals surface area contributed by atoms with Gasteiger partial charge in [-0.15, -0.1) is 0 Å². The number of nitrogens with zero attached hydrogens (tertiary/aromatic N) is 5. The fraction of sp³-hybridized carbons (Fsp3) is 0. The van der Waals surface area contributed by atoms with E-state index in [0.717, 1.165) is 6.07 Å². The van der Waals surface area contributed by atoms with Crippen molar-refractivity contribution in [3.8, 4) is 11.1 Å². The maximum absolute atomic E-state index is 12.2. The third kappa shape index (κ3) is 3.60. The highest BCUT2D eigenvalue weighted by Gasteiger charge is 2.45. The van der Waals surface area contributed by atoms with Gasteiger partial charge in [0.25, 0.3) is 0 Å². The van der Waals surface area contributed by atoms with Gasteiger partial charge in [-0.2, -0.15) is 5.10 Å². The van der Waals surface area contributed by atoms with Gasteiger partial charge < -0.3 is 0 Å². The highest BCUT2D eigenvalue weighted by molar-refractivity contribution is 6.28. The summed E-state index contributed by atoms with van der Waals surface area (Å²) in [6, 6.07) is 25.8. The zero-order chi connectivity index (χ0) is 25.4. The van der Waals surface area contributed by atoms with E-state index < -0.39 is 31.8 Å². The van der Waals surface area contributed by atoms with Gasteiger partial charge in [-0.25, -0.2) is 5.01 Å². The third-order valence-corrected chi connectivity index (χ3v) is 5.73. The minimum atomic E-state index is -1.18. The molecule has 0 saturated carbocycles. The van der Waals surface area contributed by atoms with Crippen molar-refractivity contribution >= 4 is 34.1 Å². The Labute approximate surface area is 203 Å². The molecule has 11 heteroatoms. The van der Waals surface area contributed by atoms with Crippen molar-refractivity contribution in [1.82, 2.24) is 0 Å². The van der Waals surface area contributed by atoms with Crippen LogP contribution >= 0.6 is 0 Å². The highest BCUT2D eigenvalue weighted by atomic mass is 16.6. The Bertz CT molecular complexity index is 1530. The van der Waals surface area contributed by atoms with Gasteiger partial charge in [0.1, 0.15) is 5.71 Å². The second-order valence-corrected chi connectivity index (χ2v) is 7.76. The topological polar surface area (TPSA) is 145 Å². The number of nitro groups is 3. The van der Waals surface area contributed by atoms with Crippen LogP contribution in [0.5, 0.6) is 0 Å². The predicted molar refractivity (Wildman–Crippen MR) is 133 cm³/mol. The van der Waals surface area contributed by atoms with Gasteiger partial charge in [0.15, 0.2) is 0 Å². The van der Waals surface area contributed by atoms with Crippen LogP contribution in [0.4, 0.5) is 28.4 Å². The van der Waals surface area contributed by atoms with Crippen molar-refractivity contribution in [2.24, 2.45) is 5.10 Å². The van der Waals surface area contributed by atoms with Gasteiger partial charge in [-0.05, 0) is 29.8 Å². The van der Waals surface area contributed by atoms with E-state index in [4.69, 9.17) is 5.10 Å². The second kappa shape index (κ2) is 8.72. The first-order valence-corrected chi connectivity index (χ1v) is 10.6. The summed E-state index contributed by atoms with van der Waals surface area (Å²) in [7, 11) is 0. The number of fused-ring (bicyclic) bond motifs is 3. The van der Waals surface area contributed by atoms with Crippen LogP contribution in [0.2, 0.25) is 0 Å². The number of benzene rings is 4. The van der Waals surface area contributed by atoms with E-state index in [1.807, 2.05) is 12.1 Å². The first kappa shape index (κ1) is 22.3. The van der Waals surface area contributed by atoms with E-state index >= 15 is 0 Å². The highest BCUT2D eigenvalue weighted by Crippen LogP contribution is 2.50. The Morgan fingerprint density at radius 2 is 1.08 bits per heavy atom. The minimum Gasteiger partial charge on any atom is -0.258 e. The lowest BCUT2D eigenvalue weighted by molar-refractivity contribution is -0.441. The lowest BCUT2D eigenvalue weighted by Gasteiger charge is -2.20. The van der Waals surface area contributed by atoms with Gasteiger partial charge in [0, 0.05) is 17.2 Å². The quantitative estimate of drug-likeness (QED) is 0.214. The molecule has 4 aromatic rings. The molecule has 0 spiro atoms. The van der Waals surface area contributed by atoms with Crippen LogP contribution in [0.15, 0.2) is 96.1 Å². The summed E-state index contributed by atoms with van der Waals surface area (Å²) in [6.45, 7) is 0. The molecule has 0 saturated heterocycles. The fourth-order valence-corrected chi connectivity index (χ4v) is 4.26. The van der Waals surface area contributed by atoms with Gasteiger partial charge in [0.05, 0.1) is 31.7 Å². The SMILES string of the molecule is O=[N+]([O-])c1cc2c(c([N+](=O)[O-])c1[N+](=O)[O-])C(=NN(c1ccccc1)c1ccccc1)c1ccccc1-2. The Balaban J connectivity index is 1.89. The van der Waals surface area contributed by atoms with E-state index in [0.29, 0.717) is 22.5 Å². The van der Waals surface area contributed by atoms with Crippen molar-refractivity contribution < 1.29 is 14.8 Å². The molecule has 1 aliphatic rings. The summed E-state index contributed by atoms with van der Waals surface area (Å²) in [5.41, 5.74) is -0.833. The standard InChI is InChI=1S/C25H15N5O6/c31-28(32)21-15-20-18-13-7-8-14-19(18)23(22(20)25(30(35)36)24(21)29(33)34)26-27(16-9-3-1-4-10-16)17-11-5-2-6-12-17/h1-15H. The van der Waals surface area contributed by atoms with Gasteiger partial charge in [-0.3, -0.25) is 30.3 Å². The lowest BCUT2D eigenvalue weighted by atomic mass is 10.0. The molecule has 0 N–H and O–H groups in total. The van der Waals surface area contributed by atoms with Crippen molar-refractivity contribution in [2.45, 2.75) is 0 Å². The molecule has 0 atom stereocenters. The second-order valence-electron chi connectivity index (χ2n) is 7.76. The van der Waals surface area contributed by atoms with Gasteiger partial charge >= 0.3 is 17.1 Å². The van der Waals surface area contributed by atoms with E-state index in [-0.39, 0.29) is 16.8 Å². The van der Waals surface area contributed by atoms with Crippen LogP contribution in [-0.4, -0.2) is 20.5 Å². The van der Waals surface area contributed by atoms with E-state index in [2.05, 4.69) is 0 Å². The number of hydrogen-bond acceptors (Lipinski definition) is 8. The maximum atomic E-state index is 12.2. The summed E-state index contributed by atoms with van der Waals surface area (Å²) in [6.07, 6.45) is 0. The van der Waals surface area contributed by atoms with Crippen molar-refractivity contribution in [3.63, 3.8) is 0 Å². The number of para-hydroxylation sites is 2. The van der Waals surface area contributed by atoms with Crippen LogP contribution in [0.1, 0.15) is 11.1 Å². The molecule has 0 aliphatic heterocycles. The molecule has 0 bridgehead atoms. The Morgan fingerprint density at radius 1 is 0.583 bits per heavy atom. The Kier molecular flexibility index (Phi) is 5.41. The predicted octanol–water partition coefficient (Wildman–Crippen LogP) is 5.98. The molecule has 0 unspecified atom stereocenters. The molecule has 1 aliphatic carbocycles. The Morgan fingerprint density at radius 3 is 1.58 bits per heavy atom. The van der Waals surface area contributed by atoms with E-state index in [9.17, 15) is 30.3 Å². The van der Waals surface area contributed by atoms with E-state index in [1.165, 1.54) is 0 Å². The zero-order valence-corrected chi connectivity index (χ0v) is 18.3. The summed E-state index contributed by atoms with van der Waals surface area (Å²) >= 11 is 0. The molecular weight excluding hydrogens is 466 g/mol. The summed E-state index contributed by atoms with van der Waals surface area (Å²) < 4.78 is 0. The van der Waals surface area contributed by atoms with Crippen molar-refractivity contribution in [2.75, 3.05) is 5.01 Å². The van der Waals surface area contributed by atoms with Gasteiger partial charge in [0.2, 0.25) is 0 Å². The monoisotopic (exact) mass is 481 g/mol. The number of rotatable bonds is 6. The van der Waals surface area contributed by atoms with Gasteiger partial charge in [-0.1, -0.05) is 60.7 Å². The summed E-state index contributed by atoms with van der Waals surface area (Å²) in [5.74, 6) is 0. The van der Waals surface area contributed by atoms with Crippen LogP contribution in [-0.2, 0) is 0 Å². The smallest absolute Gasteiger partial charge is 0.258 e. The molecular formula is C25H15N5O6. The average Bonchev–Trinajstić information content (AvgIpc) is 3.20. The molecule has 11 nitrogen and oxygen atoms in total. The van der Waals surface area contributed by atoms with Crippen LogP contribution in [0.3, 0.4) is 0 Å². The molecule has 0 fully saturated rings. The first-order valence-electron chi connectivity index (χ1n) is 10.6. The summed E-state index contributed by atoms with van der Waals surface area (Å²) in [5, 5.41) is 42.1. The van der Waals surface area contributed by atoms with Crippen LogP contribution < -0.4 is 5.01 Å². The molecule has 0 aromatic heterocycles. The molecule has 36 heavy (non-hydrogen) atoms. The normalized spacial score (nSPS) is 12.6. The molecule has 0 amide bonds. The third-order valence-electron chi connectivity index (χ3n) is 5.73. The number of anilines is 2. The number of hydrazone groups is 1. The summed E-state index contributed by atoms with van der Waals surface area (Å²) in [4.78, 5) is 32.7. The fourth-order valence-electron chi connectivity index (χ4n) is 4.26. The number of hydrogen-bond donors (Lipinski definition) is 0. The molecule has 176 valence electrons. The molecule has 4 aromatic carbocycles. The lowest BCUT2D eigenvalue weighted by Crippen LogP contribution is -2.15. The average molecular weight is 481 g/mol. The maximum Gasteiger partial charge on any atom is 0.423 e. The largest absolute Gasteiger partial charge is 0.423 e.